The van der Waals surface area contributed by atoms with Crippen molar-refractivity contribution in [3.63, 3.8) is 0 Å². The summed E-state index contributed by atoms with van der Waals surface area (Å²) in [6.45, 7) is 3.46. The van der Waals surface area contributed by atoms with Gasteiger partial charge in [-0.15, -0.1) is 11.3 Å². The largest absolute Gasteiger partial charge is 0.396 e. The molecular formula is C17H17N5OS3. The highest BCUT2D eigenvalue weighted by molar-refractivity contribution is 7.82. The van der Waals surface area contributed by atoms with Crippen LogP contribution in [0.3, 0.4) is 0 Å². The van der Waals surface area contributed by atoms with Crippen molar-refractivity contribution in [2.45, 2.75) is 19.8 Å². The van der Waals surface area contributed by atoms with Gasteiger partial charge in [-0.3, -0.25) is 4.98 Å². The zero-order valence-electron chi connectivity index (χ0n) is 14.1. The SMILES string of the molecule is CCCO/N=C1\CCN(S)c2sc(-c3cnc(-c4cccnc4)s3)nc21. The summed E-state index contributed by atoms with van der Waals surface area (Å²) in [5.74, 6) is 0. The molecule has 0 spiro atoms. The van der Waals surface area contributed by atoms with E-state index in [4.69, 9.17) is 9.82 Å². The lowest BCUT2D eigenvalue weighted by atomic mass is 10.1. The normalized spacial score (nSPS) is 15.3. The first-order valence-corrected chi connectivity index (χ1v) is 10.3. The zero-order chi connectivity index (χ0) is 17.9. The fraction of sp³-hybridized carbons (Fsp3) is 0.294. The lowest BCUT2D eigenvalue weighted by Crippen LogP contribution is -2.24. The molecule has 0 fully saturated rings. The number of anilines is 1. The first-order valence-electron chi connectivity index (χ1n) is 8.29. The van der Waals surface area contributed by atoms with Crippen LogP contribution in [0.1, 0.15) is 25.5 Å². The number of hydrogen-bond donors (Lipinski definition) is 1. The third-order valence-electron chi connectivity index (χ3n) is 3.77. The summed E-state index contributed by atoms with van der Waals surface area (Å²) in [6, 6.07) is 3.92. The number of nitrogens with zero attached hydrogens (tertiary/aromatic N) is 5. The summed E-state index contributed by atoms with van der Waals surface area (Å²) in [6.07, 6.45) is 7.15. The third kappa shape index (κ3) is 3.46. The van der Waals surface area contributed by atoms with E-state index in [1.807, 2.05) is 28.8 Å². The molecule has 3 aromatic heterocycles. The monoisotopic (exact) mass is 403 g/mol. The second-order valence-electron chi connectivity index (χ2n) is 5.69. The maximum Gasteiger partial charge on any atom is 0.137 e. The van der Waals surface area contributed by atoms with Crippen molar-refractivity contribution in [3.05, 3.63) is 36.4 Å². The molecule has 0 saturated carbocycles. The first-order chi connectivity index (χ1) is 12.8. The van der Waals surface area contributed by atoms with Crippen LogP contribution in [0.2, 0.25) is 0 Å². The fourth-order valence-electron chi connectivity index (χ4n) is 2.51. The molecular weight excluding hydrogens is 386 g/mol. The number of thiol groups is 1. The Morgan fingerprint density at radius 3 is 3.04 bits per heavy atom. The van der Waals surface area contributed by atoms with Crippen LogP contribution in [0.4, 0.5) is 5.00 Å². The molecule has 0 saturated heterocycles. The van der Waals surface area contributed by atoms with Gasteiger partial charge in [-0.1, -0.05) is 36.2 Å². The molecule has 3 aromatic rings. The number of rotatable bonds is 5. The minimum Gasteiger partial charge on any atom is -0.396 e. The summed E-state index contributed by atoms with van der Waals surface area (Å²) in [5.41, 5.74) is 2.76. The number of fused-ring (bicyclic) bond motifs is 1. The smallest absolute Gasteiger partial charge is 0.137 e. The molecule has 0 aromatic carbocycles. The van der Waals surface area contributed by atoms with Crippen LogP contribution in [-0.2, 0) is 4.84 Å². The van der Waals surface area contributed by atoms with Crippen LogP contribution >= 0.6 is 35.5 Å². The van der Waals surface area contributed by atoms with Crippen LogP contribution in [0.15, 0.2) is 35.9 Å². The molecule has 0 unspecified atom stereocenters. The molecule has 0 aliphatic carbocycles. The van der Waals surface area contributed by atoms with Crippen molar-refractivity contribution in [1.29, 1.82) is 0 Å². The molecule has 1 aliphatic rings. The number of thiazole rings is 2. The Balaban J connectivity index is 1.66. The summed E-state index contributed by atoms with van der Waals surface area (Å²) < 4.78 is 1.93. The van der Waals surface area contributed by atoms with E-state index in [9.17, 15) is 0 Å². The van der Waals surface area contributed by atoms with Crippen molar-refractivity contribution in [2.24, 2.45) is 5.16 Å². The standard InChI is InChI=1S/C17H17N5OS3/c1-2-8-23-21-12-5-7-22(24)17-14(12)20-16(26-17)13-10-19-15(25-13)11-4-3-6-18-9-11/h3-4,6,9-10,24H,2,5,7-8H2,1H3/b21-12+. The molecule has 4 heterocycles. The van der Waals surface area contributed by atoms with Crippen LogP contribution in [0, 0.1) is 0 Å². The van der Waals surface area contributed by atoms with Crippen LogP contribution in [0.25, 0.3) is 20.5 Å². The highest BCUT2D eigenvalue weighted by Crippen LogP contribution is 2.41. The Kier molecular flexibility index (Phi) is 5.18. The van der Waals surface area contributed by atoms with E-state index < -0.39 is 0 Å². The molecule has 0 bridgehead atoms. The van der Waals surface area contributed by atoms with Gasteiger partial charge in [0.05, 0.1) is 4.88 Å². The molecule has 134 valence electrons. The Labute approximate surface area is 165 Å². The van der Waals surface area contributed by atoms with Gasteiger partial charge in [-0.2, -0.15) is 0 Å². The lowest BCUT2D eigenvalue weighted by molar-refractivity contribution is 0.144. The number of aromatic nitrogens is 3. The molecule has 0 N–H and O–H groups in total. The van der Waals surface area contributed by atoms with Gasteiger partial charge < -0.3 is 9.14 Å². The zero-order valence-corrected chi connectivity index (χ0v) is 16.7. The molecule has 0 atom stereocenters. The Morgan fingerprint density at radius 2 is 2.23 bits per heavy atom. The quantitative estimate of drug-likeness (QED) is 0.386. The molecule has 26 heavy (non-hydrogen) atoms. The second-order valence-corrected chi connectivity index (χ2v) is 8.18. The van der Waals surface area contributed by atoms with E-state index in [0.717, 1.165) is 56.2 Å². The van der Waals surface area contributed by atoms with Gasteiger partial charge in [0.1, 0.15) is 33.0 Å². The predicted molar refractivity (Wildman–Crippen MR) is 110 cm³/mol. The van der Waals surface area contributed by atoms with Gasteiger partial charge in [0, 0.05) is 37.1 Å². The highest BCUT2D eigenvalue weighted by atomic mass is 32.1. The fourth-order valence-corrected chi connectivity index (χ4v) is 4.80. The van der Waals surface area contributed by atoms with Gasteiger partial charge in [0.2, 0.25) is 0 Å². The minimum absolute atomic E-state index is 0.615. The van der Waals surface area contributed by atoms with E-state index in [2.05, 4.69) is 34.9 Å². The number of pyridine rings is 1. The maximum absolute atomic E-state index is 5.38. The van der Waals surface area contributed by atoms with Crippen LogP contribution < -0.4 is 4.31 Å². The highest BCUT2D eigenvalue weighted by Gasteiger charge is 2.27. The van der Waals surface area contributed by atoms with Crippen molar-refractivity contribution < 1.29 is 4.84 Å². The van der Waals surface area contributed by atoms with Crippen molar-refractivity contribution in [2.75, 3.05) is 17.5 Å². The van der Waals surface area contributed by atoms with E-state index in [1.54, 1.807) is 28.9 Å². The van der Waals surface area contributed by atoms with Crippen LogP contribution in [0.5, 0.6) is 0 Å². The van der Waals surface area contributed by atoms with Crippen molar-refractivity contribution in [1.82, 2.24) is 15.0 Å². The third-order valence-corrected chi connectivity index (χ3v) is 6.60. The molecule has 4 rings (SSSR count). The molecule has 0 radical (unpaired) electrons. The van der Waals surface area contributed by atoms with Crippen LogP contribution in [-0.4, -0.2) is 33.8 Å². The Hall–Kier alpha value is -1.97. The number of oxime groups is 1. The lowest BCUT2D eigenvalue weighted by Gasteiger charge is -2.22. The number of hydrogen-bond acceptors (Lipinski definition) is 9. The molecule has 1 aliphatic heterocycles. The maximum atomic E-state index is 5.38. The Bertz CT molecular complexity index is 922. The summed E-state index contributed by atoms with van der Waals surface area (Å²) in [7, 11) is 0. The van der Waals surface area contributed by atoms with E-state index in [0.29, 0.717) is 6.61 Å². The van der Waals surface area contributed by atoms with Gasteiger partial charge in [-0.05, 0) is 18.6 Å². The molecule has 0 amide bonds. The van der Waals surface area contributed by atoms with Gasteiger partial charge in [0.15, 0.2) is 0 Å². The van der Waals surface area contributed by atoms with Gasteiger partial charge in [0.25, 0.3) is 0 Å². The topological polar surface area (TPSA) is 63.5 Å². The summed E-state index contributed by atoms with van der Waals surface area (Å²) in [5, 5.41) is 7.15. The minimum atomic E-state index is 0.615. The van der Waals surface area contributed by atoms with Gasteiger partial charge >= 0.3 is 0 Å². The van der Waals surface area contributed by atoms with Crippen molar-refractivity contribution >= 4 is 46.2 Å². The summed E-state index contributed by atoms with van der Waals surface area (Å²) >= 11 is 7.78. The molecule has 9 heteroatoms. The van der Waals surface area contributed by atoms with Gasteiger partial charge in [-0.25, -0.2) is 9.97 Å². The average Bonchev–Trinajstić information content (AvgIpc) is 3.32. The second kappa shape index (κ2) is 7.73. The molecule has 6 nitrogen and oxygen atoms in total. The summed E-state index contributed by atoms with van der Waals surface area (Å²) in [4.78, 5) is 19.9. The predicted octanol–water partition coefficient (Wildman–Crippen LogP) is 4.51. The Morgan fingerprint density at radius 1 is 1.31 bits per heavy atom. The van der Waals surface area contributed by atoms with E-state index in [1.165, 1.54) is 0 Å². The average molecular weight is 404 g/mol. The first kappa shape index (κ1) is 17.4. The van der Waals surface area contributed by atoms with Crippen molar-refractivity contribution in [3.8, 4) is 20.5 Å². The van der Waals surface area contributed by atoms with E-state index >= 15 is 0 Å². The van der Waals surface area contributed by atoms with E-state index in [-0.39, 0.29) is 0 Å².